The van der Waals surface area contributed by atoms with Crippen LogP contribution in [0.4, 0.5) is 0 Å². The predicted octanol–water partition coefficient (Wildman–Crippen LogP) is 5.61. The summed E-state index contributed by atoms with van der Waals surface area (Å²) in [6, 6.07) is 9.74. The van der Waals surface area contributed by atoms with E-state index < -0.39 is 6.72 Å². The molecule has 0 radical (unpaired) electrons. The molecule has 0 aliphatic heterocycles. The minimum absolute atomic E-state index is 0.419. The van der Waals surface area contributed by atoms with Gasteiger partial charge in [-0.05, 0) is 36.7 Å². The van der Waals surface area contributed by atoms with Crippen LogP contribution in [0.1, 0.15) is 13.8 Å². The third-order valence-corrected chi connectivity index (χ3v) is 7.27. The van der Waals surface area contributed by atoms with E-state index in [1.54, 1.807) is 22.7 Å². The summed E-state index contributed by atoms with van der Waals surface area (Å²) in [5, 5.41) is 12.7. The Hall–Kier alpha value is -1.15. The molecule has 0 aliphatic carbocycles. The number of rotatable bonds is 8. The third-order valence-electron chi connectivity index (χ3n) is 3.07. The zero-order chi connectivity index (χ0) is 17.7. The molecule has 5 nitrogen and oxygen atoms in total. The Bertz CT molecular complexity index is 844. The Labute approximate surface area is 159 Å². The highest BCUT2D eigenvalue weighted by Gasteiger charge is 2.25. The van der Waals surface area contributed by atoms with Crippen LogP contribution in [0.3, 0.4) is 0 Å². The van der Waals surface area contributed by atoms with Gasteiger partial charge in [0, 0.05) is 17.9 Å². The zero-order valence-corrected chi connectivity index (χ0v) is 17.1. The van der Waals surface area contributed by atoms with Crippen molar-refractivity contribution >= 4 is 41.2 Å². The van der Waals surface area contributed by atoms with Crippen LogP contribution in [-0.2, 0) is 20.9 Å². The third kappa shape index (κ3) is 4.53. The summed E-state index contributed by atoms with van der Waals surface area (Å²) in [6.45, 7) is 1.68. The van der Waals surface area contributed by atoms with Crippen molar-refractivity contribution in [2.45, 2.75) is 13.8 Å². The van der Waals surface area contributed by atoms with Crippen LogP contribution in [0.25, 0.3) is 21.1 Å². The SMILES string of the molecule is CCOP(=S)(OCC)Oc1cc(-c2cccs2)nnc1-c1cccs1. The molecule has 3 aromatic rings. The van der Waals surface area contributed by atoms with E-state index in [9.17, 15) is 0 Å². The summed E-state index contributed by atoms with van der Waals surface area (Å²) >= 11 is 8.67. The molecule has 0 amide bonds. The monoisotopic (exact) mass is 412 g/mol. The average molecular weight is 412 g/mol. The van der Waals surface area contributed by atoms with Gasteiger partial charge in [-0.3, -0.25) is 9.05 Å². The predicted molar refractivity (Wildman–Crippen MR) is 107 cm³/mol. The number of aromatic nitrogens is 2. The van der Waals surface area contributed by atoms with Crippen LogP contribution in [-0.4, -0.2) is 23.4 Å². The van der Waals surface area contributed by atoms with Gasteiger partial charge in [0.2, 0.25) is 0 Å². The molecule has 0 bridgehead atoms. The fraction of sp³-hybridized carbons (Fsp3) is 0.250. The maximum Gasteiger partial charge on any atom is 0.380 e. The van der Waals surface area contributed by atoms with Gasteiger partial charge in [0.05, 0.1) is 23.0 Å². The Morgan fingerprint density at radius 3 is 2.20 bits per heavy atom. The lowest BCUT2D eigenvalue weighted by molar-refractivity contribution is 0.218. The van der Waals surface area contributed by atoms with E-state index in [0.29, 0.717) is 24.7 Å². The van der Waals surface area contributed by atoms with Crippen LogP contribution in [0, 0.1) is 0 Å². The lowest BCUT2D eigenvalue weighted by Crippen LogP contribution is -2.04. The summed E-state index contributed by atoms with van der Waals surface area (Å²) < 4.78 is 17.3. The van der Waals surface area contributed by atoms with Crippen molar-refractivity contribution in [1.29, 1.82) is 0 Å². The first-order chi connectivity index (χ1) is 12.1. The lowest BCUT2D eigenvalue weighted by Gasteiger charge is -2.22. The normalized spacial score (nSPS) is 11.6. The quantitative estimate of drug-likeness (QED) is 0.448. The molecular formula is C16H17N2O3PS3. The summed E-state index contributed by atoms with van der Waals surface area (Å²) in [5.41, 5.74) is 1.38. The Kier molecular flexibility index (Phi) is 6.33. The van der Waals surface area contributed by atoms with E-state index in [1.807, 2.05) is 54.9 Å². The molecule has 0 aliphatic rings. The molecule has 0 atom stereocenters. The van der Waals surface area contributed by atoms with Gasteiger partial charge >= 0.3 is 6.72 Å². The standard InChI is InChI=1S/C16H17N2O3PS3/c1-3-19-22(23,20-4-2)21-13-11-12(14-7-5-9-24-14)17-18-16(13)15-8-6-10-25-15/h5-11H,3-4H2,1-2H3. The minimum atomic E-state index is -2.89. The zero-order valence-electron chi connectivity index (χ0n) is 13.7. The van der Waals surface area contributed by atoms with Crippen molar-refractivity contribution in [2.75, 3.05) is 13.2 Å². The molecular weight excluding hydrogens is 395 g/mol. The maximum absolute atomic E-state index is 6.07. The van der Waals surface area contributed by atoms with E-state index in [1.165, 1.54) is 0 Å². The van der Waals surface area contributed by atoms with E-state index in [2.05, 4.69) is 10.2 Å². The lowest BCUT2D eigenvalue weighted by atomic mass is 10.2. The molecule has 9 heteroatoms. The molecule has 0 saturated carbocycles. The van der Waals surface area contributed by atoms with Crippen molar-refractivity contribution in [3.05, 3.63) is 41.1 Å². The topological polar surface area (TPSA) is 53.5 Å². The summed E-state index contributed by atoms with van der Waals surface area (Å²) in [4.78, 5) is 1.96. The molecule has 0 fully saturated rings. The smallest absolute Gasteiger partial charge is 0.380 e. The van der Waals surface area contributed by atoms with Gasteiger partial charge in [-0.25, -0.2) is 0 Å². The van der Waals surface area contributed by atoms with Crippen LogP contribution >= 0.6 is 29.4 Å². The Morgan fingerprint density at radius 2 is 1.64 bits per heavy atom. The van der Waals surface area contributed by atoms with E-state index in [-0.39, 0.29) is 0 Å². The van der Waals surface area contributed by atoms with E-state index >= 15 is 0 Å². The van der Waals surface area contributed by atoms with E-state index in [4.69, 9.17) is 25.4 Å². The van der Waals surface area contributed by atoms with E-state index in [0.717, 1.165) is 15.4 Å². The minimum Gasteiger partial charge on any atom is -0.422 e. The molecule has 0 saturated heterocycles. The van der Waals surface area contributed by atoms with Crippen molar-refractivity contribution < 1.29 is 13.6 Å². The first-order valence-corrected chi connectivity index (χ1v) is 12.0. The number of hydrogen-bond donors (Lipinski definition) is 0. The summed E-state index contributed by atoms with van der Waals surface area (Å²) in [7, 11) is 0. The summed E-state index contributed by atoms with van der Waals surface area (Å²) in [5.74, 6) is 0.533. The fourth-order valence-electron chi connectivity index (χ4n) is 2.10. The molecule has 3 aromatic heterocycles. The molecule has 132 valence electrons. The van der Waals surface area contributed by atoms with Crippen molar-refractivity contribution in [3.63, 3.8) is 0 Å². The van der Waals surface area contributed by atoms with Crippen molar-refractivity contribution in [2.24, 2.45) is 0 Å². The van der Waals surface area contributed by atoms with Gasteiger partial charge in [-0.1, -0.05) is 12.1 Å². The number of thiophene rings is 2. The molecule has 3 rings (SSSR count). The van der Waals surface area contributed by atoms with Gasteiger partial charge in [-0.2, -0.15) is 0 Å². The van der Waals surface area contributed by atoms with Crippen LogP contribution in [0.15, 0.2) is 41.1 Å². The van der Waals surface area contributed by atoms with Crippen molar-refractivity contribution in [3.8, 4) is 26.9 Å². The molecule has 0 N–H and O–H groups in total. The highest BCUT2D eigenvalue weighted by molar-refractivity contribution is 8.07. The highest BCUT2D eigenvalue weighted by atomic mass is 32.5. The summed E-state index contributed by atoms with van der Waals surface area (Å²) in [6.07, 6.45) is 0. The highest BCUT2D eigenvalue weighted by Crippen LogP contribution is 2.52. The molecule has 25 heavy (non-hydrogen) atoms. The second kappa shape index (κ2) is 8.49. The van der Waals surface area contributed by atoms with Gasteiger partial charge in [-0.15, -0.1) is 32.9 Å². The second-order valence-electron chi connectivity index (χ2n) is 4.77. The largest absolute Gasteiger partial charge is 0.422 e. The van der Waals surface area contributed by atoms with Crippen LogP contribution in [0.2, 0.25) is 0 Å². The molecule has 0 aromatic carbocycles. The van der Waals surface area contributed by atoms with Gasteiger partial charge in [0.1, 0.15) is 11.4 Å². The molecule has 0 spiro atoms. The Balaban J connectivity index is 2.04. The van der Waals surface area contributed by atoms with Gasteiger partial charge in [0.15, 0.2) is 5.75 Å². The fourth-order valence-corrected chi connectivity index (χ4v) is 5.56. The Morgan fingerprint density at radius 1 is 1.00 bits per heavy atom. The van der Waals surface area contributed by atoms with Gasteiger partial charge < -0.3 is 4.52 Å². The number of nitrogens with zero attached hydrogens (tertiary/aromatic N) is 2. The van der Waals surface area contributed by atoms with Gasteiger partial charge in [0.25, 0.3) is 0 Å². The maximum atomic E-state index is 6.07. The van der Waals surface area contributed by atoms with Crippen LogP contribution < -0.4 is 4.52 Å². The first kappa shape index (κ1) is 18.6. The molecule has 3 heterocycles. The first-order valence-electron chi connectivity index (χ1n) is 7.69. The molecule has 0 unspecified atom stereocenters. The van der Waals surface area contributed by atoms with Crippen molar-refractivity contribution in [1.82, 2.24) is 10.2 Å². The average Bonchev–Trinajstić information content (AvgIpc) is 3.29. The second-order valence-corrected chi connectivity index (χ2v) is 9.60. The number of hydrogen-bond acceptors (Lipinski definition) is 8. The van der Waals surface area contributed by atoms with Crippen LogP contribution in [0.5, 0.6) is 5.75 Å².